The van der Waals surface area contributed by atoms with Crippen LogP contribution in [-0.4, -0.2) is 67.4 Å². The van der Waals surface area contributed by atoms with E-state index in [0.717, 1.165) is 39.1 Å². The van der Waals surface area contributed by atoms with Gasteiger partial charge in [-0.15, -0.1) is 24.8 Å². The van der Waals surface area contributed by atoms with Crippen LogP contribution in [-0.2, 0) is 23.7 Å². The van der Waals surface area contributed by atoms with Gasteiger partial charge in [-0.3, -0.25) is 4.68 Å². The van der Waals surface area contributed by atoms with Crippen molar-refractivity contribution < 1.29 is 13.2 Å². The summed E-state index contributed by atoms with van der Waals surface area (Å²) >= 11 is 0. The van der Waals surface area contributed by atoms with Gasteiger partial charge in [0.25, 0.3) is 0 Å². The van der Waals surface area contributed by atoms with Gasteiger partial charge in [-0.1, -0.05) is 0 Å². The van der Waals surface area contributed by atoms with E-state index < -0.39 is 10.0 Å². The Hall–Kier alpha value is -1.43. The first kappa shape index (κ1) is 25.6. The number of hydrogen-bond donors (Lipinski definition) is 2. The Morgan fingerprint density at radius 2 is 1.86 bits per heavy atom. The molecule has 0 atom stereocenters. The molecule has 2 N–H and O–H groups in total. The van der Waals surface area contributed by atoms with Crippen LogP contribution in [0.1, 0.15) is 12.2 Å². The highest BCUT2D eigenvalue weighted by atomic mass is 35.5. The Labute approximate surface area is 184 Å². The number of hydrogen-bond acceptors (Lipinski definition) is 7. The second-order valence-electron chi connectivity index (χ2n) is 6.40. The van der Waals surface area contributed by atoms with Crippen LogP contribution in [0.3, 0.4) is 0 Å². The number of benzene rings is 1. The van der Waals surface area contributed by atoms with E-state index in [9.17, 15) is 8.42 Å². The van der Waals surface area contributed by atoms with Crippen molar-refractivity contribution in [2.45, 2.75) is 17.9 Å². The molecule has 9 nitrogen and oxygen atoms in total. The van der Waals surface area contributed by atoms with Crippen molar-refractivity contribution in [2.24, 2.45) is 7.05 Å². The number of halogens is 2. The number of sulfonamides is 1. The first-order chi connectivity index (χ1) is 13.0. The summed E-state index contributed by atoms with van der Waals surface area (Å²) in [6.45, 7) is 5.63. The molecule has 0 radical (unpaired) electrons. The highest BCUT2D eigenvalue weighted by Crippen LogP contribution is 2.16. The monoisotopic (exact) mass is 466 g/mol. The predicted octanol–water partition coefficient (Wildman–Crippen LogP) is 0.811. The second kappa shape index (κ2) is 12.3. The standard InChI is InChI=1S/C17H26N6O3S.2ClH/c1-22-17(19-14-20-22)13-26-15-3-5-16(6-4-15)27(24,25)21-7-2-10-23-11-8-18-9-12-23;;/h3-6,14,18,21H,2,7-13H2,1H3;2*1H. The first-order valence-corrected chi connectivity index (χ1v) is 10.5. The van der Waals surface area contributed by atoms with Gasteiger partial charge in [-0.2, -0.15) is 5.10 Å². The fourth-order valence-corrected chi connectivity index (χ4v) is 3.92. The summed E-state index contributed by atoms with van der Waals surface area (Å²) in [7, 11) is -1.72. The minimum absolute atomic E-state index is 0. The third kappa shape index (κ3) is 7.72. The third-order valence-corrected chi connectivity index (χ3v) is 5.94. The molecule has 1 aromatic heterocycles. The van der Waals surface area contributed by atoms with Gasteiger partial charge < -0.3 is 15.0 Å². The van der Waals surface area contributed by atoms with E-state index in [2.05, 4.69) is 25.0 Å². The minimum atomic E-state index is -3.51. The summed E-state index contributed by atoms with van der Waals surface area (Å²) in [6, 6.07) is 6.38. The van der Waals surface area contributed by atoms with E-state index in [1.54, 1.807) is 36.0 Å². The van der Waals surface area contributed by atoms with Crippen LogP contribution in [0.15, 0.2) is 35.5 Å². The lowest BCUT2D eigenvalue weighted by Gasteiger charge is -2.27. The zero-order chi connectivity index (χ0) is 19.1. The van der Waals surface area contributed by atoms with Crippen molar-refractivity contribution in [1.82, 2.24) is 29.7 Å². The second-order valence-corrected chi connectivity index (χ2v) is 8.17. The molecule has 164 valence electrons. The number of aromatic nitrogens is 3. The SMILES string of the molecule is Cl.Cl.Cn1ncnc1COc1ccc(S(=O)(=O)NCCCN2CCNCC2)cc1. The van der Waals surface area contributed by atoms with E-state index in [-0.39, 0.29) is 36.3 Å². The molecule has 1 aliphatic rings. The van der Waals surface area contributed by atoms with Gasteiger partial charge in [0, 0.05) is 39.8 Å². The van der Waals surface area contributed by atoms with E-state index in [1.807, 2.05) is 0 Å². The summed E-state index contributed by atoms with van der Waals surface area (Å²) in [5, 5.41) is 7.28. The van der Waals surface area contributed by atoms with Crippen LogP contribution < -0.4 is 14.8 Å². The molecule has 3 rings (SSSR count). The van der Waals surface area contributed by atoms with Gasteiger partial charge in [0.05, 0.1) is 4.90 Å². The highest BCUT2D eigenvalue weighted by molar-refractivity contribution is 7.89. The lowest BCUT2D eigenvalue weighted by molar-refractivity contribution is 0.239. The quantitative estimate of drug-likeness (QED) is 0.527. The maximum absolute atomic E-state index is 12.4. The number of piperazine rings is 1. The van der Waals surface area contributed by atoms with Crippen LogP contribution >= 0.6 is 24.8 Å². The molecular weight excluding hydrogens is 439 g/mol. The fourth-order valence-electron chi connectivity index (χ4n) is 2.84. The van der Waals surface area contributed by atoms with Gasteiger partial charge in [-0.25, -0.2) is 18.1 Å². The largest absolute Gasteiger partial charge is 0.486 e. The van der Waals surface area contributed by atoms with Gasteiger partial charge in [0.1, 0.15) is 18.7 Å². The Balaban J connectivity index is 0.00000210. The van der Waals surface area contributed by atoms with E-state index >= 15 is 0 Å². The number of nitrogens with one attached hydrogen (secondary N) is 2. The van der Waals surface area contributed by atoms with Crippen molar-refractivity contribution in [3.05, 3.63) is 36.4 Å². The smallest absolute Gasteiger partial charge is 0.240 e. The molecule has 2 aromatic rings. The van der Waals surface area contributed by atoms with Gasteiger partial charge in [0.15, 0.2) is 5.82 Å². The Kier molecular flexibility index (Phi) is 10.9. The van der Waals surface area contributed by atoms with Crippen LogP contribution in [0.5, 0.6) is 5.75 Å². The molecule has 1 fully saturated rings. The fraction of sp³-hybridized carbons (Fsp3) is 0.529. The number of nitrogens with zero attached hydrogens (tertiary/aromatic N) is 4. The molecule has 0 bridgehead atoms. The molecule has 0 aliphatic carbocycles. The molecule has 0 saturated carbocycles. The molecule has 29 heavy (non-hydrogen) atoms. The zero-order valence-corrected chi connectivity index (χ0v) is 18.7. The number of ether oxygens (including phenoxy) is 1. The zero-order valence-electron chi connectivity index (χ0n) is 16.3. The molecule has 12 heteroatoms. The van der Waals surface area contributed by atoms with Crippen LogP contribution in [0.25, 0.3) is 0 Å². The molecule has 1 aliphatic heterocycles. The van der Waals surface area contributed by atoms with Crippen LogP contribution in [0.4, 0.5) is 0 Å². The van der Waals surface area contributed by atoms with E-state index in [0.29, 0.717) is 18.1 Å². The topological polar surface area (TPSA) is 101 Å². The summed E-state index contributed by atoms with van der Waals surface area (Å²) in [6.07, 6.45) is 2.25. The minimum Gasteiger partial charge on any atom is -0.486 e. The normalized spacial score (nSPS) is 14.7. The Morgan fingerprint density at radius 1 is 1.17 bits per heavy atom. The van der Waals surface area contributed by atoms with Gasteiger partial charge >= 0.3 is 0 Å². The third-order valence-electron chi connectivity index (χ3n) is 4.46. The van der Waals surface area contributed by atoms with Crippen molar-refractivity contribution in [3.63, 3.8) is 0 Å². The molecule has 0 amide bonds. The molecule has 0 unspecified atom stereocenters. The first-order valence-electron chi connectivity index (χ1n) is 9.03. The van der Waals surface area contributed by atoms with Crippen molar-refractivity contribution >= 4 is 34.8 Å². The van der Waals surface area contributed by atoms with E-state index in [1.165, 1.54) is 6.33 Å². The Morgan fingerprint density at radius 3 is 2.48 bits per heavy atom. The number of rotatable bonds is 9. The van der Waals surface area contributed by atoms with Crippen molar-refractivity contribution in [3.8, 4) is 5.75 Å². The number of aryl methyl sites for hydroxylation is 1. The molecule has 0 spiro atoms. The highest BCUT2D eigenvalue weighted by Gasteiger charge is 2.14. The van der Waals surface area contributed by atoms with E-state index in [4.69, 9.17) is 4.74 Å². The van der Waals surface area contributed by atoms with Gasteiger partial charge in [-0.05, 0) is 37.2 Å². The summed E-state index contributed by atoms with van der Waals surface area (Å²) < 4.78 is 34.7. The van der Waals surface area contributed by atoms with Crippen LogP contribution in [0.2, 0.25) is 0 Å². The average Bonchev–Trinajstić information content (AvgIpc) is 3.10. The lowest BCUT2D eigenvalue weighted by atomic mass is 10.3. The molecule has 1 saturated heterocycles. The average molecular weight is 467 g/mol. The molecule has 2 heterocycles. The maximum atomic E-state index is 12.4. The predicted molar refractivity (Wildman–Crippen MR) is 115 cm³/mol. The van der Waals surface area contributed by atoms with Crippen molar-refractivity contribution in [2.75, 3.05) is 39.3 Å². The van der Waals surface area contributed by atoms with Crippen LogP contribution in [0, 0.1) is 0 Å². The molecule has 1 aromatic carbocycles. The Bertz CT molecular complexity index is 826. The molecular formula is C17H28Cl2N6O3S. The van der Waals surface area contributed by atoms with Crippen molar-refractivity contribution in [1.29, 1.82) is 0 Å². The van der Waals surface area contributed by atoms with Gasteiger partial charge in [0.2, 0.25) is 10.0 Å². The maximum Gasteiger partial charge on any atom is 0.240 e. The summed E-state index contributed by atoms with van der Waals surface area (Å²) in [4.78, 5) is 6.65. The summed E-state index contributed by atoms with van der Waals surface area (Å²) in [5.74, 6) is 1.27. The lowest BCUT2D eigenvalue weighted by Crippen LogP contribution is -2.44. The summed E-state index contributed by atoms with van der Waals surface area (Å²) in [5.41, 5.74) is 0.